The predicted octanol–water partition coefficient (Wildman–Crippen LogP) is 3.55. The standard InChI is InChI=1S/C14H23NO/c1-12(2)9-10-16-13(3)11-15-14-7-5-4-6-8-14/h4-8,12-13,15H,9-11H2,1-3H3. The highest BCUT2D eigenvalue weighted by Gasteiger charge is 2.02. The van der Waals surface area contributed by atoms with Gasteiger partial charge in [0.25, 0.3) is 0 Å². The first-order chi connectivity index (χ1) is 7.68. The van der Waals surface area contributed by atoms with Crippen molar-refractivity contribution in [1.29, 1.82) is 0 Å². The molecule has 1 atom stereocenters. The van der Waals surface area contributed by atoms with E-state index in [4.69, 9.17) is 4.74 Å². The van der Waals surface area contributed by atoms with Crippen molar-refractivity contribution < 1.29 is 4.74 Å². The molecule has 2 nitrogen and oxygen atoms in total. The van der Waals surface area contributed by atoms with E-state index in [9.17, 15) is 0 Å². The predicted molar refractivity (Wildman–Crippen MR) is 69.8 cm³/mol. The summed E-state index contributed by atoms with van der Waals surface area (Å²) in [7, 11) is 0. The molecule has 1 rings (SSSR count). The molecule has 1 unspecified atom stereocenters. The van der Waals surface area contributed by atoms with Gasteiger partial charge in [0.05, 0.1) is 6.10 Å². The third kappa shape index (κ3) is 5.76. The Morgan fingerprint density at radius 3 is 2.44 bits per heavy atom. The summed E-state index contributed by atoms with van der Waals surface area (Å²) in [5.74, 6) is 0.717. The molecule has 1 aromatic rings. The van der Waals surface area contributed by atoms with Gasteiger partial charge in [-0.2, -0.15) is 0 Å². The van der Waals surface area contributed by atoms with Crippen LogP contribution in [0.3, 0.4) is 0 Å². The highest BCUT2D eigenvalue weighted by molar-refractivity contribution is 5.42. The summed E-state index contributed by atoms with van der Waals surface area (Å²) in [6.45, 7) is 8.26. The minimum absolute atomic E-state index is 0.263. The largest absolute Gasteiger partial charge is 0.382 e. The van der Waals surface area contributed by atoms with Gasteiger partial charge in [-0.3, -0.25) is 0 Å². The molecule has 90 valence electrons. The van der Waals surface area contributed by atoms with Gasteiger partial charge in [-0.05, 0) is 31.4 Å². The van der Waals surface area contributed by atoms with Gasteiger partial charge in [0.2, 0.25) is 0 Å². The van der Waals surface area contributed by atoms with E-state index in [0.717, 1.165) is 25.3 Å². The highest BCUT2D eigenvalue weighted by atomic mass is 16.5. The molecule has 0 bridgehead atoms. The number of benzene rings is 1. The van der Waals surface area contributed by atoms with Crippen molar-refractivity contribution in [1.82, 2.24) is 0 Å². The fraction of sp³-hybridized carbons (Fsp3) is 0.571. The molecule has 0 aliphatic carbocycles. The SMILES string of the molecule is CC(C)CCOC(C)CNc1ccccc1. The molecule has 0 spiro atoms. The summed E-state index contributed by atoms with van der Waals surface area (Å²) in [5.41, 5.74) is 1.15. The van der Waals surface area contributed by atoms with Crippen molar-refractivity contribution in [3.8, 4) is 0 Å². The third-order valence-corrected chi connectivity index (χ3v) is 2.47. The van der Waals surface area contributed by atoms with Gasteiger partial charge in [-0.1, -0.05) is 32.0 Å². The smallest absolute Gasteiger partial charge is 0.0719 e. The Balaban J connectivity index is 2.13. The van der Waals surface area contributed by atoms with Crippen LogP contribution in [0, 0.1) is 5.92 Å². The zero-order valence-corrected chi connectivity index (χ0v) is 10.6. The zero-order valence-electron chi connectivity index (χ0n) is 10.6. The Hall–Kier alpha value is -1.02. The average Bonchev–Trinajstić information content (AvgIpc) is 2.27. The topological polar surface area (TPSA) is 21.3 Å². The fourth-order valence-corrected chi connectivity index (χ4v) is 1.38. The van der Waals surface area contributed by atoms with Crippen LogP contribution in [0.25, 0.3) is 0 Å². The Labute approximate surface area is 99.0 Å². The van der Waals surface area contributed by atoms with E-state index in [1.807, 2.05) is 18.2 Å². The van der Waals surface area contributed by atoms with Crippen LogP contribution in [0.1, 0.15) is 27.2 Å². The molecular formula is C14H23NO. The van der Waals surface area contributed by atoms with Gasteiger partial charge < -0.3 is 10.1 Å². The quantitative estimate of drug-likeness (QED) is 0.760. The summed E-state index contributed by atoms with van der Waals surface area (Å²) in [6, 6.07) is 10.2. The number of para-hydroxylation sites is 1. The molecule has 0 amide bonds. The molecule has 0 fully saturated rings. The van der Waals surface area contributed by atoms with E-state index >= 15 is 0 Å². The Bertz CT molecular complexity index is 271. The first-order valence-electron chi connectivity index (χ1n) is 6.09. The van der Waals surface area contributed by atoms with Crippen LogP contribution in [-0.2, 0) is 4.74 Å². The maximum absolute atomic E-state index is 5.71. The van der Waals surface area contributed by atoms with Crippen molar-refractivity contribution in [2.24, 2.45) is 5.92 Å². The first-order valence-corrected chi connectivity index (χ1v) is 6.09. The number of rotatable bonds is 7. The third-order valence-electron chi connectivity index (χ3n) is 2.47. The van der Waals surface area contributed by atoms with E-state index in [-0.39, 0.29) is 6.10 Å². The second kappa shape index (κ2) is 7.29. The van der Waals surface area contributed by atoms with Crippen LogP contribution in [0.4, 0.5) is 5.69 Å². The van der Waals surface area contributed by atoms with Crippen molar-refractivity contribution in [2.45, 2.75) is 33.3 Å². The van der Waals surface area contributed by atoms with Crippen LogP contribution >= 0.6 is 0 Å². The summed E-state index contributed by atoms with van der Waals surface area (Å²) >= 11 is 0. The summed E-state index contributed by atoms with van der Waals surface area (Å²) < 4.78 is 5.71. The molecule has 0 aromatic heterocycles. The van der Waals surface area contributed by atoms with Gasteiger partial charge in [0, 0.05) is 18.8 Å². The van der Waals surface area contributed by atoms with E-state index in [0.29, 0.717) is 5.92 Å². The van der Waals surface area contributed by atoms with Crippen molar-refractivity contribution >= 4 is 5.69 Å². The molecule has 0 heterocycles. The lowest BCUT2D eigenvalue weighted by Crippen LogP contribution is -2.20. The normalized spacial score (nSPS) is 12.8. The molecular weight excluding hydrogens is 198 g/mol. The number of ether oxygens (including phenoxy) is 1. The molecule has 1 aromatic carbocycles. The average molecular weight is 221 g/mol. The van der Waals surface area contributed by atoms with Crippen LogP contribution < -0.4 is 5.32 Å². The summed E-state index contributed by atoms with van der Waals surface area (Å²) in [5, 5.41) is 3.36. The molecule has 0 saturated carbocycles. The van der Waals surface area contributed by atoms with Gasteiger partial charge in [0.1, 0.15) is 0 Å². The minimum Gasteiger partial charge on any atom is -0.382 e. The lowest BCUT2D eigenvalue weighted by Gasteiger charge is -2.15. The number of hydrogen-bond acceptors (Lipinski definition) is 2. The fourth-order valence-electron chi connectivity index (χ4n) is 1.38. The second-order valence-corrected chi connectivity index (χ2v) is 4.61. The first kappa shape index (κ1) is 13.0. The second-order valence-electron chi connectivity index (χ2n) is 4.61. The van der Waals surface area contributed by atoms with Gasteiger partial charge in [-0.15, -0.1) is 0 Å². The van der Waals surface area contributed by atoms with Crippen LogP contribution in [0.5, 0.6) is 0 Å². The van der Waals surface area contributed by atoms with Crippen molar-refractivity contribution in [3.63, 3.8) is 0 Å². The minimum atomic E-state index is 0.263. The van der Waals surface area contributed by atoms with Crippen molar-refractivity contribution in [2.75, 3.05) is 18.5 Å². The summed E-state index contributed by atoms with van der Waals surface area (Å²) in [4.78, 5) is 0. The lowest BCUT2D eigenvalue weighted by atomic mass is 10.1. The molecule has 0 aliphatic rings. The molecule has 16 heavy (non-hydrogen) atoms. The summed E-state index contributed by atoms with van der Waals surface area (Å²) in [6.07, 6.45) is 1.40. The lowest BCUT2D eigenvalue weighted by molar-refractivity contribution is 0.0671. The number of nitrogens with one attached hydrogen (secondary N) is 1. The van der Waals surface area contributed by atoms with E-state index in [1.54, 1.807) is 0 Å². The van der Waals surface area contributed by atoms with E-state index < -0.39 is 0 Å². The Morgan fingerprint density at radius 1 is 1.12 bits per heavy atom. The number of anilines is 1. The maximum Gasteiger partial charge on any atom is 0.0719 e. The van der Waals surface area contributed by atoms with Crippen LogP contribution in [-0.4, -0.2) is 19.3 Å². The van der Waals surface area contributed by atoms with Crippen LogP contribution in [0.2, 0.25) is 0 Å². The van der Waals surface area contributed by atoms with Crippen molar-refractivity contribution in [3.05, 3.63) is 30.3 Å². The van der Waals surface area contributed by atoms with E-state index in [2.05, 4.69) is 38.2 Å². The van der Waals surface area contributed by atoms with Gasteiger partial charge in [0.15, 0.2) is 0 Å². The molecule has 2 heteroatoms. The molecule has 1 N–H and O–H groups in total. The molecule has 0 saturated heterocycles. The van der Waals surface area contributed by atoms with Gasteiger partial charge in [-0.25, -0.2) is 0 Å². The molecule has 0 aliphatic heterocycles. The highest BCUT2D eigenvalue weighted by Crippen LogP contribution is 2.06. The van der Waals surface area contributed by atoms with E-state index in [1.165, 1.54) is 0 Å². The number of hydrogen-bond donors (Lipinski definition) is 1. The molecule has 0 radical (unpaired) electrons. The zero-order chi connectivity index (χ0) is 11.8. The monoisotopic (exact) mass is 221 g/mol. The Kier molecular flexibility index (Phi) is 5.94. The Morgan fingerprint density at radius 2 is 1.81 bits per heavy atom. The van der Waals surface area contributed by atoms with Gasteiger partial charge >= 0.3 is 0 Å². The maximum atomic E-state index is 5.71. The van der Waals surface area contributed by atoms with Crippen LogP contribution in [0.15, 0.2) is 30.3 Å².